The summed E-state index contributed by atoms with van der Waals surface area (Å²) in [6, 6.07) is 5.03. The Morgan fingerprint density at radius 1 is 1.33 bits per heavy atom. The molecule has 0 unspecified atom stereocenters. The van der Waals surface area contributed by atoms with Crippen LogP contribution in [0, 0.1) is 0 Å². The van der Waals surface area contributed by atoms with Gasteiger partial charge in [0, 0.05) is 13.6 Å². The van der Waals surface area contributed by atoms with Crippen molar-refractivity contribution in [2.24, 2.45) is 12.8 Å². The molecule has 0 amide bonds. The number of hydrogen-bond donors (Lipinski definition) is 1. The monoisotopic (exact) mass is 267 g/mol. The van der Waals surface area contributed by atoms with Gasteiger partial charge in [-0.25, -0.2) is 4.79 Å². The van der Waals surface area contributed by atoms with Crippen LogP contribution in [0.25, 0.3) is 10.9 Å². The Balaban J connectivity index is 2.84. The minimum Gasteiger partial charge on any atom is -0.330 e. The highest BCUT2D eigenvalue weighted by molar-refractivity contribution is 6.35. The lowest BCUT2D eigenvalue weighted by atomic mass is 10.2. The third kappa shape index (κ3) is 1.95. The first kappa shape index (κ1) is 12.9. The Morgan fingerprint density at radius 2 is 2.06 bits per heavy atom. The van der Waals surface area contributed by atoms with Crippen LogP contribution < -0.4 is 17.0 Å². The molecule has 0 spiro atoms. The van der Waals surface area contributed by atoms with Crippen LogP contribution in [0.2, 0.25) is 5.02 Å². The van der Waals surface area contributed by atoms with Crippen LogP contribution >= 0.6 is 11.6 Å². The van der Waals surface area contributed by atoms with Gasteiger partial charge in [-0.3, -0.25) is 13.9 Å². The maximum absolute atomic E-state index is 12.2. The Morgan fingerprint density at radius 3 is 2.72 bits per heavy atom. The van der Waals surface area contributed by atoms with Crippen molar-refractivity contribution < 1.29 is 0 Å². The summed E-state index contributed by atoms with van der Waals surface area (Å²) in [5, 5.41) is 0.844. The van der Waals surface area contributed by atoms with Crippen LogP contribution in [0.3, 0.4) is 0 Å². The molecule has 6 heteroatoms. The van der Waals surface area contributed by atoms with E-state index in [1.54, 1.807) is 25.2 Å². The molecule has 0 aliphatic heterocycles. The second kappa shape index (κ2) is 4.96. The largest absolute Gasteiger partial charge is 0.331 e. The zero-order valence-corrected chi connectivity index (χ0v) is 10.8. The number of benzene rings is 1. The molecule has 2 aromatic rings. The summed E-state index contributed by atoms with van der Waals surface area (Å²) in [4.78, 5) is 24.3. The number of rotatable bonds is 3. The lowest BCUT2D eigenvalue weighted by Gasteiger charge is -2.11. The second-order valence-corrected chi connectivity index (χ2v) is 4.48. The van der Waals surface area contributed by atoms with E-state index in [0.717, 1.165) is 0 Å². The molecule has 0 fully saturated rings. The molecule has 96 valence electrons. The van der Waals surface area contributed by atoms with Gasteiger partial charge in [0.15, 0.2) is 0 Å². The van der Waals surface area contributed by atoms with Crippen LogP contribution in [0.15, 0.2) is 27.8 Å². The van der Waals surface area contributed by atoms with Crippen molar-refractivity contribution in [3.63, 3.8) is 0 Å². The lowest BCUT2D eigenvalue weighted by molar-refractivity contribution is 0.579. The maximum Gasteiger partial charge on any atom is 0.331 e. The van der Waals surface area contributed by atoms with Gasteiger partial charge in [-0.15, -0.1) is 0 Å². The summed E-state index contributed by atoms with van der Waals surface area (Å²) in [6.07, 6.45) is 0.585. The van der Waals surface area contributed by atoms with Crippen molar-refractivity contribution in [3.8, 4) is 0 Å². The van der Waals surface area contributed by atoms with Crippen LogP contribution in [-0.2, 0) is 13.6 Å². The third-order valence-corrected chi connectivity index (χ3v) is 3.21. The van der Waals surface area contributed by atoms with E-state index in [1.165, 1.54) is 9.13 Å². The van der Waals surface area contributed by atoms with Crippen molar-refractivity contribution in [2.75, 3.05) is 6.54 Å². The van der Waals surface area contributed by atoms with Crippen molar-refractivity contribution in [2.45, 2.75) is 13.0 Å². The first-order chi connectivity index (χ1) is 8.57. The van der Waals surface area contributed by atoms with E-state index in [4.69, 9.17) is 17.3 Å². The molecule has 0 saturated carbocycles. The van der Waals surface area contributed by atoms with Crippen molar-refractivity contribution >= 4 is 22.5 Å². The number of fused-ring (bicyclic) bond motifs is 1. The Labute approximate surface area is 108 Å². The van der Waals surface area contributed by atoms with E-state index in [0.29, 0.717) is 35.4 Å². The topological polar surface area (TPSA) is 70.0 Å². The highest BCUT2D eigenvalue weighted by Gasteiger charge is 2.12. The summed E-state index contributed by atoms with van der Waals surface area (Å²) in [6.45, 7) is 0.758. The smallest absolute Gasteiger partial charge is 0.330 e. The molecule has 2 rings (SSSR count). The number of aromatic nitrogens is 2. The van der Waals surface area contributed by atoms with E-state index in [1.807, 2.05) is 0 Å². The fourth-order valence-electron chi connectivity index (χ4n) is 1.98. The molecule has 18 heavy (non-hydrogen) atoms. The molecule has 0 saturated heterocycles. The predicted octanol–water partition coefficient (Wildman–Crippen LogP) is 0.702. The molecule has 1 heterocycles. The molecule has 2 N–H and O–H groups in total. The summed E-state index contributed by atoms with van der Waals surface area (Å²) in [7, 11) is 1.61. The number of para-hydroxylation sites is 1. The normalized spacial score (nSPS) is 11.1. The van der Waals surface area contributed by atoms with Gasteiger partial charge in [0.2, 0.25) is 0 Å². The molecular formula is C12H14ClN3O2. The van der Waals surface area contributed by atoms with Crippen molar-refractivity contribution in [1.29, 1.82) is 0 Å². The highest BCUT2D eigenvalue weighted by Crippen LogP contribution is 2.18. The van der Waals surface area contributed by atoms with Gasteiger partial charge in [-0.1, -0.05) is 17.7 Å². The van der Waals surface area contributed by atoms with E-state index in [9.17, 15) is 9.59 Å². The quantitative estimate of drug-likeness (QED) is 0.890. The number of nitrogens with two attached hydrogens (primary N) is 1. The molecule has 1 aromatic heterocycles. The fourth-order valence-corrected chi connectivity index (χ4v) is 2.29. The molecule has 1 aromatic carbocycles. The van der Waals surface area contributed by atoms with Gasteiger partial charge in [0.05, 0.1) is 15.9 Å². The predicted molar refractivity (Wildman–Crippen MR) is 72.1 cm³/mol. The Hall–Kier alpha value is -1.59. The SMILES string of the molecule is Cn1c(=O)n(CCCN)c(=O)c2cccc(Cl)c21. The van der Waals surface area contributed by atoms with Crippen LogP contribution in [0.1, 0.15) is 6.42 Å². The Bertz CT molecular complexity index is 703. The third-order valence-electron chi connectivity index (χ3n) is 2.90. The summed E-state index contributed by atoms with van der Waals surface area (Å²) < 4.78 is 2.60. The number of halogens is 1. The molecule has 0 aliphatic carbocycles. The van der Waals surface area contributed by atoms with Gasteiger partial charge in [0.25, 0.3) is 5.56 Å². The summed E-state index contributed by atoms with van der Waals surface area (Å²) in [5.41, 5.74) is 5.19. The second-order valence-electron chi connectivity index (χ2n) is 4.08. The maximum atomic E-state index is 12.2. The van der Waals surface area contributed by atoms with Gasteiger partial charge in [0.1, 0.15) is 0 Å². The van der Waals surface area contributed by atoms with E-state index < -0.39 is 0 Å². The highest BCUT2D eigenvalue weighted by atomic mass is 35.5. The molecule has 5 nitrogen and oxygen atoms in total. The Kier molecular flexibility index (Phi) is 3.54. The molecule has 0 aliphatic rings. The minimum absolute atomic E-state index is 0.316. The van der Waals surface area contributed by atoms with Crippen LogP contribution in [-0.4, -0.2) is 15.7 Å². The molecule has 0 bridgehead atoms. The zero-order valence-electron chi connectivity index (χ0n) is 10.0. The molecular weight excluding hydrogens is 254 g/mol. The number of aryl methyl sites for hydroxylation is 1. The average molecular weight is 268 g/mol. The summed E-state index contributed by atoms with van der Waals surface area (Å²) >= 11 is 6.04. The van der Waals surface area contributed by atoms with Gasteiger partial charge >= 0.3 is 5.69 Å². The van der Waals surface area contributed by atoms with E-state index in [-0.39, 0.29) is 11.2 Å². The first-order valence-electron chi connectivity index (χ1n) is 5.66. The minimum atomic E-state index is -0.367. The van der Waals surface area contributed by atoms with Crippen molar-refractivity contribution in [1.82, 2.24) is 9.13 Å². The van der Waals surface area contributed by atoms with Crippen molar-refractivity contribution in [3.05, 3.63) is 44.1 Å². The standard InChI is InChI=1S/C12H14ClN3O2/c1-15-10-8(4-2-5-9(10)13)11(17)16(12(15)18)7-3-6-14/h2,4-5H,3,6-7,14H2,1H3. The summed E-state index contributed by atoms with van der Waals surface area (Å²) in [5.74, 6) is 0. The number of nitrogens with zero attached hydrogens (tertiary/aromatic N) is 2. The average Bonchev–Trinajstić information content (AvgIpc) is 2.36. The lowest BCUT2D eigenvalue weighted by Crippen LogP contribution is -2.39. The first-order valence-corrected chi connectivity index (χ1v) is 6.04. The van der Waals surface area contributed by atoms with Crippen LogP contribution in [0.5, 0.6) is 0 Å². The van der Waals surface area contributed by atoms with E-state index in [2.05, 4.69) is 0 Å². The molecule has 0 radical (unpaired) electrons. The van der Waals surface area contributed by atoms with Gasteiger partial charge in [-0.05, 0) is 25.1 Å². The van der Waals surface area contributed by atoms with Gasteiger partial charge < -0.3 is 5.73 Å². The molecule has 0 atom stereocenters. The fraction of sp³-hybridized carbons (Fsp3) is 0.333. The number of hydrogen-bond acceptors (Lipinski definition) is 3. The van der Waals surface area contributed by atoms with Gasteiger partial charge in [-0.2, -0.15) is 0 Å². The zero-order chi connectivity index (χ0) is 13.3. The van der Waals surface area contributed by atoms with Crippen LogP contribution in [0.4, 0.5) is 0 Å². The van der Waals surface area contributed by atoms with E-state index >= 15 is 0 Å².